The topological polar surface area (TPSA) is 70.5 Å². The Labute approximate surface area is 160 Å². The van der Waals surface area contributed by atoms with E-state index in [0.29, 0.717) is 44.0 Å². The lowest BCUT2D eigenvalue weighted by Crippen LogP contribution is -2.39. The van der Waals surface area contributed by atoms with Gasteiger partial charge in [0.15, 0.2) is 0 Å². The highest BCUT2D eigenvalue weighted by atomic mass is 35.5. The molecule has 0 radical (unpaired) electrons. The molecular weight excluding hydrogens is 373 g/mol. The molecule has 4 rings (SSSR count). The Hall–Kier alpha value is -2.61. The molecule has 9 heteroatoms. The SMILES string of the molecule is CN1CCCn2nc3c(c2C1=O)CN(C(=O)Nc1ccc(F)c(Cl)c1)CC3. The van der Waals surface area contributed by atoms with Crippen LogP contribution in [0.2, 0.25) is 5.02 Å². The zero-order valence-corrected chi connectivity index (χ0v) is 15.6. The minimum Gasteiger partial charge on any atom is -0.340 e. The molecule has 0 unspecified atom stereocenters. The summed E-state index contributed by atoms with van der Waals surface area (Å²) in [5, 5.41) is 7.26. The average molecular weight is 392 g/mol. The van der Waals surface area contributed by atoms with Gasteiger partial charge in [-0.2, -0.15) is 5.10 Å². The first kappa shape index (κ1) is 17.8. The molecule has 1 aromatic carbocycles. The van der Waals surface area contributed by atoms with Crippen molar-refractivity contribution in [2.24, 2.45) is 0 Å². The van der Waals surface area contributed by atoms with Gasteiger partial charge in [-0.25, -0.2) is 9.18 Å². The summed E-state index contributed by atoms with van der Waals surface area (Å²) in [5.74, 6) is -0.601. The fourth-order valence-corrected chi connectivity index (χ4v) is 3.70. The van der Waals surface area contributed by atoms with Gasteiger partial charge in [0.1, 0.15) is 11.5 Å². The van der Waals surface area contributed by atoms with Crippen LogP contribution in [0, 0.1) is 5.82 Å². The van der Waals surface area contributed by atoms with Crippen LogP contribution in [0.5, 0.6) is 0 Å². The highest BCUT2D eigenvalue weighted by molar-refractivity contribution is 6.31. The van der Waals surface area contributed by atoms with Crippen molar-refractivity contribution in [3.05, 3.63) is 46.0 Å². The van der Waals surface area contributed by atoms with Gasteiger partial charge in [-0.3, -0.25) is 9.48 Å². The second-order valence-electron chi connectivity index (χ2n) is 6.81. The fraction of sp³-hybridized carbons (Fsp3) is 0.389. The number of carbonyl (C=O) groups is 2. The number of rotatable bonds is 1. The molecule has 0 spiro atoms. The summed E-state index contributed by atoms with van der Waals surface area (Å²) in [5.41, 5.74) is 2.68. The van der Waals surface area contributed by atoms with Crippen molar-refractivity contribution < 1.29 is 14.0 Å². The molecule has 27 heavy (non-hydrogen) atoms. The smallest absolute Gasteiger partial charge is 0.322 e. The highest BCUT2D eigenvalue weighted by Crippen LogP contribution is 2.26. The molecule has 1 N–H and O–H groups in total. The van der Waals surface area contributed by atoms with Crippen molar-refractivity contribution in [1.82, 2.24) is 19.6 Å². The van der Waals surface area contributed by atoms with Crippen molar-refractivity contribution >= 4 is 29.2 Å². The fourth-order valence-electron chi connectivity index (χ4n) is 3.52. The molecular formula is C18H19ClFN5O2. The molecule has 2 aromatic rings. The molecule has 2 aliphatic heterocycles. The quantitative estimate of drug-likeness (QED) is 0.812. The van der Waals surface area contributed by atoms with Gasteiger partial charge >= 0.3 is 6.03 Å². The van der Waals surface area contributed by atoms with Crippen LogP contribution < -0.4 is 5.32 Å². The Morgan fingerprint density at radius 1 is 1.30 bits per heavy atom. The number of benzene rings is 1. The Morgan fingerprint density at radius 2 is 2.11 bits per heavy atom. The van der Waals surface area contributed by atoms with E-state index in [1.807, 2.05) is 0 Å². The first-order valence-electron chi connectivity index (χ1n) is 8.79. The Kier molecular flexibility index (Phi) is 4.51. The molecule has 1 aromatic heterocycles. The van der Waals surface area contributed by atoms with Gasteiger partial charge in [-0.05, 0) is 24.6 Å². The monoisotopic (exact) mass is 391 g/mol. The van der Waals surface area contributed by atoms with Crippen LogP contribution in [0.15, 0.2) is 18.2 Å². The standard InChI is InChI=1S/C18H19ClFN5O2/c1-23-6-2-7-25-16(17(23)26)12-10-24(8-5-15(12)22-25)18(27)21-11-3-4-14(20)13(19)9-11/h3-4,9H,2,5-8,10H2,1H3,(H,21,27). The van der Waals surface area contributed by atoms with E-state index in [9.17, 15) is 14.0 Å². The Morgan fingerprint density at radius 3 is 2.89 bits per heavy atom. The first-order valence-corrected chi connectivity index (χ1v) is 9.17. The highest BCUT2D eigenvalue weighted by Gasteiger charge is 2.32. The molecule has 0 atom stereocenters. The molecule has 0 aliphatic carbocycles. The molecule has 0 fully saturated rings. The van der Waals surface area contributed by atoms with Gasteiger partial charge in [-0.1, -0.05) is 11.6 Å². The van der Waals surface area contributed by atoms with E-state index in [4.69, 9.17) is 11.6 Å². The minimum absolute atomic E-state index is 0.0516. The van der Waals surface area contributed by atoms with Crippen LogP contribution in [0.25, 0.3) is 0 Å². The van der Waals surface area contributed by atoms with Crippen LogP contribution in [0.4, 0.5) is 14.9 Å². The maximum absolute atomic E-state index is 13.3. The van der Waals surface area contributed by atoms with Crippen molar-refractivity contribution in [3.8, 4) is 0 Å². The van der Waals surface area contributed by atoms with Gasteiger partial charge < -0.3 is 15.1 Å². The third kappa shape index (κ3) is 3.25. The largest absolute Gasteiger partial charge is 0.340 e. The average Bonchev–Trinajstić information content (AvgIpc) is 2.94. The molecule has 0 bridgehead atoms. The van der Waals surface area contributed by atoms with Crippen LogP contribution in [-0.2, 0) is 19.5 Å². The molecule has 0 saturated heterocycles. The number of halogens is 2. The van der Waals surface area contributed by atoms with Gasteiger partial charge in [0.05, 0.1) is 17.3 Å². The van der Waals surface area contributed by atoms with Crippen molar-refractivity contribution in [2.45, 2.75) is 25.9 Å². The van der Waals surface area contributed by atoms with E-state index < -0.39 is 5.82 Å². The number of fused-ring (bicyclic) bond motifs is 3. The van der Waals surface area contributed by atoms with Gasteiger partial charge in [0.2, 0.25) is 0 Å². The Balaban J connectivity index is 1.56. The van der Waals surface area contributed by atoms with Gasteiger partial charge in [0, 0.05) is 44.4 Å². The predicted molar refractivity (Wildman–Crippen MR) is 98.3 cm³/mol. The van der Waals surface area contributed by atoms with Crippen LogP contribution >= 0.6 is 11.6 Å². The molecule has 2 aliphatic rings. The number of nitrogens with zero attached hydrogens (tertiary/aromatic N) is 4. The number of nitrogens with one attached hydrogen (secondary N) is 1. The molecule has 7 nitrogen and oxygen atoms in total. The number of hydrogen-bond acceptors (Lipinski definition) is 3. The van der Waals surface area contributed by atoms with E-state index in [-0.39, 0.29) is 17.0 Å². The first-order chi connectivity index (χ1) is 12.9. The van der Waals surface area contributed by atoms with Gasteiger partial charge in [-0.15, -0.1) is 0 Å². The summed E-state index contributed by atoms with van der Waals surface area (Å²) in [6, 6.07) is 3.71. The summed E-state index contributed by atoms with van der Waals surface area (Å²) in [6.45, 7) is 2.18. The number of aryl methyl sites for hydroxylation is 1. The second kappa shape index (κ2) is 6.84. The summed E-state index contributed by atoms with van der Waals surface area (Å²) in [6.07, 6.45) is 1.44. The third-order valence-electron chi connectivity index (χ3n) is 4.97. The van der Waals surface area contributed by atoms with Crippen LogP contribution in [0.1, 0.15) is 28.2 Å². The zero-order chi connectivity index (χ0) is 19.1. The summed E-state index contributed by atoms with van der Waals surface area (Å²) in [7, 11) is 1.78. The van der Waals surface area contributed by atoms with E-state index in [2.05, 4.69) is 10.4 Å². The Bertz CT molecular complexity index is 929. The minimum atomic E-state index is -0.539. The lowest BCUT2D eigenvalue weighted by Gasteiger charge is -2.27. The maximum atomic E-state index is 13.3. The maximum Gasteiger partial charge on any atom is 0.322 e. The van der Waals surface area contributed by atoms with E-state index >= 15 is 0 Å². The van der Waals surface area contributed by atoms with E-state index in [1.54, 1.807) is 21.5 Å². The van der Waals surface area contributed by atoms with Crippen LogP contribution in [0.3, 0.4) is 0 Å². The second-order valence-corrected chi connectivity index (χ2v) is 7.22. The van der Waals surface area contributed by atoms with E-state index in [1.165, 1.54) is 18.2 Å². The van der Waals surface area contributed by atoms with E-state index in [0.717, 1.165) is 17.7 Å². The summed E-state index contributed by atoms with van der Waals surface area (Å²) < 4.78 is 15.1. The number of aromatic nitrogens is 2. The number of urea groups is 1. The van der Waals surface area contributed by atoms with Crippen molar-refractivity contribution in [2.75, 3.05) is 25.5 Å². The number of carbonyl (C=O) groups excluding carboxylic acids is 2. The van der Waals surface area contributed by atoms with Crippen molar-refractivity contribution in [1.29, 1.82) is 0 Å². The van der Waals surface area contributed by atoms with Crippen LogP contribution in [-0.4, -0.2) is 51.7 Å². The molecule has 3 heterocycles. The lowest BCUT2D eigenvalue weighted by atomic mass is 10.0. The summed E-state index contributed by atoms with van der Waals surface area (Å²) in [4.78, 5) is 28.7. The van der Waals surface area contributed by atoms with Gasteiger partial charge in [0.25, 0.3) is 5.91 Å². The normalized spacial score (nSPS) is 16.6. The molecule has 0 saturated carbocycles. The molecule has 3 amide bonds. The number of anilines is 1. The molecule has 142 valence electrons. The zero-order valence-electron chi connectivity index (χ0n) is 14.8. The number of amides is 3. The van der Waals surface area contributed by atoms with Crippen molar-refractivity contribution in [3.63, 3.8) is 0 Å². The predicted octanol–water partition coefficient (Wildman–Crippen LogP) is 2.74. The lowest BCUT2D eigenvalue weighted by molar-refractivity contribution is 0.0793. The third-order valence-corrected chi connectivity index (χ3v) is 5.26. The summed E-state index contributed by atoms with van der Waals surface area (Å²) >= 11 is 5.77. The number of hydrogen-bond donors (Lipinski definition) is 1.